The van der Waals surface area contributed by atoms with Crippen LogP contribution in [0.15, 0.2) is 47.4 Å². The second-order valence-corrected chi connectivity index (χ2v) is 9.44. The molecule has 0 atom stereocenters. The molecular formula is C23H30N2O6S. The molecule has 174 valence electrons. The lowest BCUT2D eigenvalue weighted by Crippen LogP contribution is -2.40. The summed E-state index contributed by atoms with van der Waals surface area (Å²) in [6.45, 7) is 4.19. The Morgan fingerprint density at radius 3 is 2.53 bits per heavy atom. The number of morpholine rings is 1. The molecule has 0 spiro atoms. The van der Waals surface area contributed by atoms with Gasteiger partial charge in [-0.1, -0.05) is 17.7 Å². The summed E-state index contributed by atoms with van der Waals surface area (Å²) in [7, 11) is -2.09. The third-order valence-electron chi connectivity index (χ3n) is 5.20. The maximum absolute atomic E-state index is 12.9. The molecule has 0 radical (unpaired) electrons. The SMILES string of the molecule is COc1ccc(S(=O)(=O)N2CCOCC2)cc1CCC(=O)NCCOc1ccc(C)cc1. The van der Waals surface area contributed by atoms with E-state index in [9.17, 15) is 13.2 Å². The summed E-state index contributed by atoms with van der Waals surface area (Å²) in [4.78, 5) is 12.4. The van der Waals surface area contributed by atoms with Crippen molar-refractivity contribution in [2.24, 2.45) is 0 Å². The van der Waals surface area contributed by atoms with Crippen LogP contribution in [0.3, 0.4) is 0 Å². The Bertz CT molecular complexity index is 1000. The van der Waals surface area contributed by atoms with Crippen molar-refractivity contribution in [3.8, 4) is 11.5 Å². The lowest BCUT2D eigenvalue weighted by Gasteiger charge is -2.26. The number of nitrogens with zero attached hydrogens (tertiary/aromatic N) is 1. The third kappa shape index (κ3) is 6.44. The smallest absolute Gasteiger partial charge is 0.243 e. The van der Waals surface area contributed by atoms with Crippen molar-refractivity contribution in [1.82, 2.24) is 9.62 Å². The van der Waals surface area contributed by atoms with E-state index >= 15 is 0 Å². The molecule has 1 aliphatic rings. The summed E-state index contributed by atoms with van der Waals surface area (Å²) in [5.74, 6) is 1.18. The van der Waals surface area contributed by atoms with Gasteiger partial charge in [0.25, 0.3) is 0 Å². The fourth-order valence-corrected chi connectivity index (χ4v) is 4.84. The Morgan fingerprint density at radius 1 is 1.12 bits per heavy atom. The van der Waals surface area contributed by atoms with Crippen LogP contribution in [0, 0.1) is 6.92 Å². The van der Waals surface area contributed by atoms with E-state index in [0.29, 0.717) is 57.2 Å². The van der Waals surface area contributed by atoms with E-state index in [1.807, 2.05) is 31.2 Å². The molecule has 2 aromatic rings. The second-order valence-electron chi connectivity index (χ2n) is 7.50. The van der Waals surface area contributed by atoms with Crippen molar-refractivity contribution in [1.29, 1.82) is 0 Å². The first-order valence-corrected chi connectivity index (χ1v) is 12.0. The van der Waals surface area contributed by atoms with Crippen molar-refractivity contribution < 1.29 is 27.4 Å². The molecule has 1 saturated heterocycles. The summed E-state index contributed by atoms with van der Waals surface area (Å²) < 4.78 is 43.5. The number of nitrogens with one attached hydrogen (secondary N) is 1. The number of carbonyl (C=O) groups excluding carboxylic acids is 1. The zero-order valence-corrected chi connectivity index (χ0v) is 19.3. The highest BCUT2D eigenvalue weighted by molar-refractivity contribution is 7.89. The molecule has 3 rings (SSSR count). The van der Waals surface area contributed by atoms with Gasteiger partial charge in [-0.3, -0.25) is 4.79 Å². The van der Waals surface area contributed by atoms with Crippen LogP contribution in [0.1, 0.15) is 17.5 Å². The van der Waals surface area contributed by atoms with Crippen LogP contribution in [0.4, 0.5) is 0 Å². The summed E-state index contributed by atoms with van der Waals surface area (Å²) in [6, 6.07) is 12.5. The van der Waals surface area contributed by atoms with E-state index in [-0.39, 0.29) is 17.2 Å². The van der Waals surface area contributed by atoms with E-state index in [2.05, 4.69) is 5.32 Å². The molecule has 2 aromatic carbocycles. The van der Waals surface area contributed by atoms with E-state index < -0.39 is 10.0 Å². The Balaban J connectivity index is 1.53. The van der Waals surface area contributed by atoms with Gasteiger partial charge in [0.1, 0.15) is 18.1 Å². The Labute approximate surface area is 189 Å². The molecule has 1 aliphatic heterocycles. The number of carbonyl (C=O) groups is 1. The van der Waals surface area contributed by atoms with Gasteiger partial charge < -0.3 is 19.5 Å². The molecule has 1 amide bonds. The molecule has 0 aliphatic carbocycles. The first-order valence-electron chi connectivity index (χ1n) is 10.6. The minimum absolute atomic E-state index is 0.138. The molecular weight excluding hydrogens is 432 g/mol. The van der Waals surface area contributed by atoms with Gasteiger partial charge in [-0.2, -0.15) is 4.31 Å². The van der Waals surface area contributed by atoms with E-state index in [1.54, 1.807) is 12.1 Å². The average molecular weight is 463 g/mol. The first-order chi connectivity index (χ1) is 15.4. The third-order valence-corrected chi connectivity index (χ3v) is 7.09. The highest BCUT2D eigenvalue weighted by Gasteiger charge is 2.27. The molecule has 32 heavy (non-hydrogen) atoms. The first kappa shape index (κ1) is 24.0. The van der Waals surface area contributed by atoms with Gasteiger partial charge in [0.2, 0.25) is 15.9 Å². The van der Waals surface area contributed by atoms with Crippen molar-refractivity contribution in [2.45, 2.75) is 24.7 Å². The van der Waals surface area contributed by atoms with Crippen molar-refractivity contribution in [3.05, 3.63) is 53.6 Å². The zero-order chi connectivity index (χ0) is 23.0. The number of amides is 1. The Morgan fingerprint density at radius 2 is 1.84 bits per heavy atom. The normalized spacial score (nSPS) is 14.7. The highest BCUT2D eigenvalue weighted by atomic mass is 32.2. The average Bonchev–Trinajstić information content (AvgIpc) is 2.82. The van der Waals surface area contributed by atoms with Crippen molar-refractivity contribution in [3.63, 3.8) is 0 Å². The number of benzene rings is 2. The van der Waals surface area contributed by atoms with Gasteiger partial charge in [-0.15, -0.1) is 0 Å². The number of ether oxygens (including phenoxy) is 3. The van der Waals surface area contributed by atoms with Crippen LogP contribution in [0.5, 0.6) is 11.5 Å². The van der Waals surface area contributed by atoms with Crippen LogP contribution < -0.4 is 14.8 Å². The van der Waals surface area contributed by atoms with Gasteiger partial charge in [0.05, 0.1) is 31.8 Å². The molecule has 1 heterocycles. The fraction of sp³-hybridized carbons (Fsp3) is 0.435. The molecule has 1 N–H and O–H groups in total. The molecule has 0 unspecified atom stereocenters. The molecule has 9 heteroatoms. The number of aryl methyl sites for hydroxylation is 2. The molecule has 0 bridgehead atoms. The Hall–Kier alpha value is -2.62. The van der Waals surface area contributed by atoms with E-state index in [1.165, 1.54) is 17.5 Å². The lowest BCUT2D eigenvalue weighted by molar-refractivity contribution is -0.121. The van der Waals surface area contributed by atoms with Crippen LogP contribution in [-0.4, -0.2) is 65.2 Å². The monoisotopic (exact) mass is 462 g/mol. The van der Waals surface area contributed by atoms with Gasteiger partial charge in [0, 0.05) is 19.5 Å². The number of methoxy groups -OCH3 is 1. The molecule has 1 fully saturated rings. The maximum atomic E-state index is 12.9. The van der Waals surface area contributed by atoms with Crippen LogP contribution in [0.2, 0.25) is 0 Å². The van der Waals surface area contributed by atoms with Crippen LogP contribution in [0.25, 0.3) is 0 Å². The predicted molar refractivity (Wildman–Crippen MR) is 121 cm³/mol. The predicted octanol–water partition coefficient (Wildman–Crippen LogP) is 2.15. The number of sulfonamides is 1. The molecule has 0 aromatic heterocycles. The Kier molecular flexibility index (Phi) is 8.49. The second kappa shape index (κ2) is 11.3. The summed E-state index contributed by atoms with van der Waals surface area (Å²) in [5.41, 5.74) is 1.83. The summed E-state index contributed by atoms with van der Waals surface area (Å²) in [5, 5.41) is 2.82. The lowest BCUT2D eigenvalue weighted by atomic mass is 10.1. The summed E-state index contributed by atoms with van der Waals surface area (Å²) >= 11 is 0. The number of rotatable bonds is 10. The van der Waals surface area contributed by atoms with E-state index in [4.69, 9.17) is 14.2 Å². The summed E-state index contributed by atoms with van der Waals surface area (Å²) in [6.07, 6.45) is 0.572. The van der Waals surface area contributed by atoms with Gasteiger partial charge >= 0.3 is 0 Å². The number of hydrogen-bond donors (Lipinski definition) is 1. The van der Waals surface area contributed by atoms with Gasteiger partial charge in [-0.05, 0) is 49.2 Å². The minimum atomic E-state index is -3.61. The molecule has 0 saturated carbocycles. The standard InChI is InChI=1S/C23H30N2O6S/c1-18-3-6-20(7-4-18)31-14-11-24-23(26)10-5-19-17-21(8-9-22(19)29-2)32(27,28)25-12-15-30-16-13-25/h3-4,6-9,17H,5,10-16H2,1-2H3,(H,24,26). The molecule has 8 nitrogen and oxygen atoms in total. The van der Waals surface area contributed by atoms with Gasteiger partial charge in [0.15, 0.2) is 0 Å². The topological polar surface area (TPSA) is 94.2 Å². The fourth-order valence-electron chi connectivity index (χ4n) is 3.38. The minimum Gasteiger partial charge on any atom is -0.496 e. The zero-order valence-electron chi connectivity index (χ0n) is 18.5. The van der Waals surface area contributed by atoms with Crippen LogP contribution >= 0.6 is 0 Å². The van der Waals surface area contributed by atoms with Gasteiger partial charge in [-0.25, -0.2) is 8.42 Å². The van der Waals surface area contributed by atoms with E-state index in [0.717, 1.165) is 11.3 Å². The van der Waals surface area contributed by atoms with Crippen molar-refractivity contribution in [2.75, 3.05) is 46.6 Å². The highest BCUT2D eigenvalue weighted by Crippen LogP contribution is 2.26. The maximum Gasteiger partial charge on any atom is 0.243 e. The van der Waals surface area contributed by atoms with Crippen LogP contribution in [-0.2, 0) is 26.0 Å². The number of hydrogen-bond acceptors (Lipinski definition) is 6. The largest absolute Gasteiger partial charge is 0.496 e. The quantitative estimate of drug-likeness (QED) is 0.544. The van der Waals surface area contributed by atoms with Crippen molar-refractivity contribution >= 4 is 15.9 Å².